The van der Waals surface area contributed by atoms with Crippen LogP contribution in [0.15, 0.2) is 28.7 Å². The zero-order valence-corrected chi connectivity index (χ0v) is 16.0. The molecule has 0 spiro atoms. The first-order chi connectivity index (χ1) is 11.6. The van der Waals surface area contributed by atoms with Gasteiger partial charge in [-0.05, 0) is 57.5 Å². The van der Waals surface area contributed by atoms with Crippen LogP contribution in [-0.2, 0) is 9.59 Å². The van der Waals surface area contributed by atoms with E-state index in [1.807, 2.05) is 38.1 Å². The fourth-order valence-corrected chi connectivity index (χ4v) is 3.55. The highest BCUT2D eigenvalue weighted by Gasteiger charge is 2.33. The van der Waals surface area contributed by atoms with Crippen molar-refractivity contribution in [1.29, 1.82) is 0 Å². The molecule has 0 radical (unpaired) electrons. The number of likely N-dealkylation sites (N-methyl/N-ethyl adjacent to an activating group) is 2. The molecule has 0 bridgehead atoms. The molecule has 2 rings (SSSR count). The van der Waals surface area contributed by atoms with Crippen molar-refractivity contribution in [3.05, 3.63) is 34.3 Å². The molecule has 132 valence electrons. The Labute approximate surface area is 152 Å². The maximum Gasteiger partial charge on any atom is 0.244 e. The maximum atomic E-state index is 13.2. The summed E-state index contributed by atoms with van der Waals surface area (Å²) in [5.74, 6) is -0.106. The molecule has 1 aromatic rings. The molecule has 24 heavy (non-hydrogen) atoms. The van der Waals surface area contributed by atoms with Crippen LogP contribution in [0.3, 0.4) is 0 Å². The summed E-state index contributed by atoms with van der Waals surface area (Å²) in [6, 6.07) is 7.59. The maximum absolute atomic E-state index is 13.2. The van der Waals surface area contributed by atoms with E-state index < -0.39 is 0 Å². The molecule has 5 nitrogen and oxygen atoms in total. The van der Waals surface area contributed by atoms with E-state index in [4.69, 9.17) is 0 Å². The van der Waals surface area contributed by atoms with Crippen molar-refractivity contribution in [2.45, 2.75) is 32.7 Å². The molecule has 1 unspecified atom stereocenters. The van der Waals surface area contributed by atoms with E-state index in [-0.39, 0.29) is 24.4 Å². The van der Waals surface area contributed by atoms with Gasteiger partial charge in [0.15, 0.2) is 0 Å². The van der Waals surface area contributed by atoms with Crippen molar-refractivity contribution >= 4 is 27.7 Å². The molecular formula is C18H26BrN3O2. The third-order valence-electron chi connectivity index (χ3n) is 4.31. The summed E-state index contributed by atoms with van der Waals surface area (Å²) < 4.78 is 0.962. The van der Waals surface area contributed by atoms with Crippen LogP contribution in [0.1, 0.15) is 38.3 Å². The molecular weight excluding hydrogens is 370 g/mol. The highest BCUT2D eigenvalue weighted by atomic mass is 79.9. The van der Waals surface area contributed by atoms with Gasteiger partial charge in [0.25, 0.3) is 0 Å². The number of rotatable bonds is 7. The van der Waals surface area contributed by atoms with E-state index in [1.165, 1.54) is 0 Å². The van der Waals surface area contributed by atoms with E-state index in [2.05, 4.69) is 26.1 Å². The van der Waals surface area contributed by atoms with Crippen molar-refractivity contribution in [1.82, 2.24) is 15.1 Å². The fourth-order valence-electron chi connectivity index (χ4n) is 3.13. The number of nitrogens with zero attached hydrogens (tertiary/aromatic N) is 2. The highest BCUT2D eigenvalue weighted by molar-refractivity contribution is 9.10. The van der Waals surface area contributed by atoms with Crippen molar-refractivity contribution in [3.8, 4) is 0 Å². The molecule has 1 aliphatic rings. The van der Waals surface area contributed by atoms with E-state index in [1.54, 1.807) is 4.90 Å². The van der Waals surface area contributed by atoms with Gasteiger partial charge in [-0.15, -0.1) is 0 Å². The Morgan fingerprint density at radius 1 is 1.29 bits per heavy atom. The topological polar surface area (TPSA) is 52.7 Å². The van der Waals surface area contributed by atoms with Crippen LogP contribution < -0.4 is 5.32 Å². The number of hydrogen-bond donors (Lipinski definition) is 1. The minimum Gasteiger partial charge on any atom is -0.355 e. The quantitative estimate of drug-likeness (QED) is 0.771. The molecule has 0 saturated carbocycles. The standard InChI is InChI=1S/C18H26BrN3O2/c1-3-20-16(23)13-21(4-2)18(24)17(22-10-5-6-11-22)14-8-7-9-15(19)12-14/h7-9,12,17H,3-6,10-11,13H2,1-2H3,(H,20,23). The summed E-state index contributed by atoms with van der Waals surface area (Å²) in [5.41, 5.74) is 0.977. The molecule has 1 atom stereocenters. The van der Waals surface area contributed by atoms with Gasteiger partial charge in [0.1, 0.15) is 6.04 Å². The second-order valence-corrected chi connectivity index (χ2v) is 6.92. The fraction of sp³-hybridized carbons (Fsp3) is 0.556. The molecule has 1 fully saturated rings. The lowest BCUT2D eigenvalue weighted by Crippen LogP contribution is -2.46. The highest BCUT2D eigenvalue weighted by Crippen LogP contribution is 2.28. The molecule has 0 aliphatic carbocycles. The van der Waals surface area contributed by atoms with E-state index >= 15 is 0 Å². The Bertz CT molecular complexity index is 573. The zero-order valence-electron chi connectivity index (χ0n) is 14.4. The lowest BCUT2D eigenvalue weighted by atomic mass is 10.0. The van der Waals surface area contributed by atoms with Crippen molar-refractivity contribution in [3.63, 3.8) is 0 Å². The third-order valence-corrected chi connectivity index (χ3v) is 4.80. The summed E-state index contributed by atoms with van der Waals surface area (Å²) >= 11 is 3.50. The van der Waals surface area contributed by atoms with Gasteiger partial charge in [0, 0.05) is 17.6 Å². The van der Waals surface area contributed by atoms with Gasteiger partial charge in [0.2, 0.25) is 11.8 Å². The summed E-state index contributed by atoms with van der Waals surface area (Å²) in [7, 11) is 0. The number of nitrogens with one attached hydrogen (secondary N) is 1. The van der Waals surface area contributed by atoms with E-state index in [0.717, 1.165) is 36.0 Å². The number of carbonyl (C=O) groups excluding carboxylic acids is 2. The first-order valence-electron chi connectivity index (χ1n) is 8.61. The van der Waals surface area contributed by atoms with Gasteiger partial charge in [-0.25, -0.2) is 0 Å². The Morgan fingerprint density at radius 2 is 2.00 bits per heavy atom. The Morgan fingerprint density at radius 3 is 2.58 bits per heavy atom. The number of amides is 2. The summed E-state index contributed by atoms with van der Waals surface area (Å²) in [6.45, 7) is 6.84. The van der Waals surface area contributed by atoms with Gasteiger partial charge in [0.05, 0.1) is 6.54 Å². The Kier molecular flexibility index (Phi) is 7.24. The monoisotopic (exact) mass is 395 g/mol. The van der Waals surface area contributed by atoms with Gasteiger partial charge in [-0.2, -0.15) is 0 Å². The second kappa shape index (κ2) is 9.18. The Hall–Kier alpha value is -1.40. The minimum absolute atomic E-state index is 0.00348. The SMILES string of the molecule is CCNC(=O)CN(CC)C(=O)C(c1cccc(Br)c1)N1CCCC1. The van der Waals surface area contributed by atoms with Gasteiger partial charge in [-0.3, -0.25) is 14.5 Å². The molecule has 2 amide bonds. The van der Waals surface area contributed by atoms with Gasteiger partial charge in [-0.1, -0.05) is 28.1 Å². The summed E-state index contributed by atoms with van der Waals surface area (Å²) in [6.07, 6.45) is 2.22. The lowest BCUT2D eigenvalue weighted by Gasteiger charge is -2.32. The first-order valence-corrected chi connectivity index (χ1v) is 9.41. The number of hydrogen-bond acceptors (Lipinski definition) is 3. The molecule has 6 heteroatoms. The summed E-state index contributed by atoms with van der Waals surface area (Å²) in [5, 5.41) is 2.77. The largest absolute Gasteiger partial charge is 0.355 e. The van der Waals surface area contributed by atoms with Crippen LogP contribution in [0.25, 0.3) is 0 Å². The molecule has 1 saturated heterocycles. The first kappa shape index (κ1) is 18.9. The average Bonchev–Trinajstić information content (AvgIpc) is 3.07. The molecule has 1 N–H and O–H groups in total. The van der Waals surface area contributed by atoms with Crippen LogP contribution in [0.4, 0.5) is 0 Å². The average molecular weight is 396 g/mol. The van der Waals surface area contributed by atoms with Crippen LogP contribution in [0.2, 0.25) is 0 Å². The second-order valence-electron chi connectivity index (χ2n) is 6.01. The van der Waals surface area contributed by atoms with Crippen LogP contribution >= 0.6 is 15.9 Å². The summed E-state index contributed by atoms with van der Waals surface area (Å²) in [4.78, 5) is 29.0. The predicted octanol–water partition coefficient (Wildman–Crippen LogP) is 2.57. The number of halogens is 1. The molecule has 1 aromatic carbocycles. The lowest BCUT2D eigenvalue weighted by molar-refractivity contribution is -0.140. The molecule has 1 aliphatic heterocycles. The predicted molar refractivity (Wildman–Crippen MR) is 98.6 cm³/mol. The van der Waals surface area contributed by atoms with Crippen LogP contribution in [0, 0.1) is 0 Å². The van der Waals surface area contributed by atoms with Crippen molar-refractivity contribution < 1.29 is 9.59 Å². The number of benzene rings is 1. The minimum atomic E-state index is -0.320. The normalized spacial score (nSPS) is 16.0. The van der Waals surface area contributed by atoms with E-state index in [0.29, 0.717) is 13.1 Å². The zero-order chi connectivity index (χ0) is 17.5. The van der Waals surface area contributed by atoms with Gasteiger partial charge >= 0.3 is 0 Å². The van der Waals surface area contributed by atoms with Crippen molar-refractivity contribution in [2.75, 3.05) is 32.7 Å². The smallest absolute Gasteiger partial charge is 0.244 e. The third kappa shape index (κ3) is 4.80. The number of likely N-dealkylation sites (tertiary alicyclic amines) is 1. The van der Waals surface area contributed by atoms with Crippen molar-refractivity contribution in [2.24, 2.45) is 0 Å². The Balaban J connectivity index is 2.24. The van der Waals surface area contributed by atoms with Crippen LogP contribution in [0.5, 0.6) is 0 Å². The van der Waals surface area contributed by atoms with Crippen LogP contribution in [-0.4, -0.2) is 54.3 Å². The molecule has 1 heterocycles. The number of carbonyl (C=O) groups is 2. The molecule has 0 aromatic heterocycles. The van der Waals surface area contributed by atoms with E-state index in [9.17, 15) is 9.59 Å². The van der Waals surface area contributed by atoms with Gasteiger partial charge < -0.3 is 10.2 Å².